The van der Waals surface area contributed by atoms with Crippen LogP contribution in [0.5, 0.6) is 11.5 Å². The third-order valence-electron chi connectivity index (χ3n) is 5.63. The van der Waals surface area contributed by atoms with E-state index in [-0.39, 0.29) is 28.5 Å². The molecule has 0 saturated heterocycles. The Morgan fingerprint density at radius 3 is 2.00 bits per heavy atom. The molecule has 37 heavy (non-hydrogen) atoms. The lowest BCUT2D eigenvalue weighted by molar-refractivity contribution is -0.200. The van der Waals surface area contributed by atoms with Crippen LogP contribution >= 0.6 is 0 Å². The molecule has 0 radical (unpaired) electrons. The first-order valence-electron chi connectivity index (χ1n) is 11.3. The lowest BCUT2D eigenvalue weighted by Crippen LogP contribution is -2.41. The third kappa shape index (κ3) is 7.61. The summed E-state index contributed by atoms with van der Waals surface area (Å²) in [6.45, 7) is 4.57. The largest absolute Gasteiger partial charge is 0.457 e. The van der Waals surface area contributed by atoms with Crippen LogP contribution in [0.2, 0.25) is 0 Å². The number of ether oxygens (including phenoxy) is 1. The predicted molar refractivity (Wildman–Crippen MR) is 126 cm³/mol. The highest BCUT2D eigenvalue weighted by Gasteiger charge is 2.39. The van der Waals surface area contributed by atoms with Crippen molar-refractivity contribution in [3.63, 3.8) is 0 Å². The normalized spacial score (nSPS) is 13.4. The van der Waals surface area contributed by atoms with E-state index in [1.165, 1.54) is 18.2 Å². The first kappa shape index (κ1) is 28.3. The van der Waals surface area contributed by atoms with Crippen LogP contribution < -0.4 is 9.64 Å². The molecule has 10 heteroatoms. The number of rotatable bonds is 7. The molecular weight excluding hydrogens is 503 g/mol. The van der Waals surface area contributed by atoms with E-state index in [0.29, 0.717) is 11.8 Å². The molecule has 0 aliphatic carbocycles. The summed E-state index contributed by atoms with van der Waals surface area (Å²) in [4.78, 5) is 1.03. The maximum Gasteiger partial charge on any atom is 0.416 e. The van der Waals surface area contributed by atoms with Crippen LogP contribution in [0.1, 0.15) is 37.5 Å². The topological polar surface area (TPSA) is 32.7 Å². The zero-order valence-corrected chi connectivity index (χ0v) is 20.3. The van der Waals surface area contributed by atoms with Crippen molar-refractivity contribution in [1.29, 1.82) is 0 Å². The lowest BCUT2D eigenvalue weighted by atomic mass is 9.87. The summed E-state index contributed by atoms with van der Waals surface area (Å²) >= 11 is 0. The Kier molecular flexibility index (Phi) is 8.12. The van der Waals surface area contributed by atoms with Crippen LogP contribution in [-0.4, -0.2) is 23.9 Å². The number of aliphatic hydroxyl groups is 1. The number of nitrogens with zero attached hydrogens (tertiary/aromatic N) is 1. The standard InChI is InChI=1S/C27H26F7NO2/c1-25(2,3)18-6-4-8-21(12-18)37-22-9-5-7-20(14-22)35(16-24(36)27(32,33)34)15-17-10-11-19(13-23(17)28)26(29,30)31/h4-14,24,36H,15-16H2,1-3H3/t24-/m1/s1. The maximum absolute atomic E-state index is 14.5. The van der Waals surface area contributed by atoms with Crippen LogP contribution in [0.3, 0.4) is 0 Å². The van der Waals surface area contributed by atoms with E-state index >= 15 is 0 Å². The summed E-state index contributed by atoms with van der Waals surface area (Å²) in [6.07, 6.45) is -12.5. The molecule has 1 atom stereocenters. The van der Waals surface area contributed by atoms with Gasteiger partial charge in [0.15, 0.2) is 6.10 Å². The number of alkyl halides is 6. The molecule has 3 aromatic carbocycles. The third-order valence-corrected chi connectivity index (χ3v) is 5.63. The van der Waals surface area contributed by atoms with Crippen LogP contribution in [0.4, 0.5) is 36.4 Å². The van der Waals surface area contributed by atoms with E-state index in [0.717, 1.165) is 16.5 Å². The van der Waals surface area contributed by atoms with Gasteiger partial charge in [-0.05, 0) is 47.4 Å². The van der Waals surface area contributed by atoms with Crippen molar-refractivity contribution in [1.82, 2.24) is 0 Å². The smallest absolute Gasteiger partial charge is 0.416 e. The van der Waals surface area contributed by atoms with Crippen molar-refractivity contribution in [2.45, 2.75) is 51.2 Å². The number of anilines is 1. The highest BCUT2D eigenvalue weighted by Crippen LogP contribution is 2.33. The van der Waals surface area contributed by atoms with Gasteiger partial charge in [-0.1, -0.05) is 45.0 Å². The second kappa shape index (κ2) is 10.6. The molecule has 3 aromatic rings. The van der Waals surface area contributed by atoms with Gasteiger partial charge in [-0.15, -0.1) is 0 Å². The Morgan fingerprint density at radius 2 is 1.43 bits per heavy atom. The summed E-state index contributed by atoms with van der Waals surface area (Å²) in [5, 5.41) is 9.69. The molecule has 0 aliphatic heterocycles. The second-order valence-electron chi connectivity index (χ2n) is 9.62. The molecule has 1 N–H and O–H groups in total. The van der Waals surface area contributed by atoms with E-state index in [2.05, 4.69) is 0 Å². The molecule has 0 aromatic heterocycles. The van der Waals surface area contributed by atoms with Crippen LogP contribution in [0.15, 0.2) is 66.7 Å². The van der Waals surface area contributed by atoms with E-state index in [1.54, 1.807) is 18.2 Å². The first-order chi connectivity index (χ1) is 17.0. The van der Waals surface area contributed by atoms with E-state index < -0.39 is 42.9 Å². The van der Waals surface area contributed by atoms with Crippen molar-refractivity contribution >= 4 is 5.69 Å². The van der Waals surface area contributed by atoms with E-state index in [9.17, 15) is 35.8 Å². The Labute approximate surface area is 210 Å². The van der Waals surface area contributed by atoms with Crippen molar-refractivity contribution in [2.75, 3.05) is 11.4 Å². The minimum absolute atomic E-state index is 0.145. The van der Waals surface area contributed by atoms with Gasteiger partial charge in [0.05, 0.1) is 12.1 Å². The van der Waals surface area contributed by atoms with Crippen LogP contribution in [-0.2, 0) is 18.1 Å². The average Bonchev–Trinajstić information content (AvgIpc) is 2.78. The van der Waals surface area contributed by atoms with Gasteiger partial charge in [-0.3, -0.25) is 0 Å². The molecule has 200 valence electrons. The van der Waals surface area contributed by atoms with Gasteiger partial charge in [0.25, 0.3) is 0 Å². The molecule has 0 unspecified atom stereocenters. The maximum atomic E-state index is 14.5. The number of halogens is 7. The Hall–Kier alpha value is -3.27. The van der Waals surface area contributed by atoms with Gasteiger partial charge < -0.3 is 14.7 Å². The zero-order chi connectivity index (χ0) is 27.6. The van der Waals surface area contributed by atoms with Crippen molar-refractivity contribution < 1.29 is 40.6 Å². The fourth-order valence-corrected chi connectivity index (χ4v) is 3.54. The molecule has 0 saturated carbocycles. The predicted octanol–water partition coefficient (Wildman–Crippen LogP) is 7.86. The molecule has 0 amide bonds. The van der Waals surface area contributed by atoms with Crippen molar-refractivity contribution in [3.05, 3.63) is 89.2 Å². The Balaban J connectivity index is 1.93. The monoisotopic (exact) mass is 529 g/mol. The molecule has 0 heterocycles. The summed E-state index contributed by atoms with van der Waals surface area (Å²) < 4.78 is 98.5. The summed E-state index contributed by atoms with van der Waals surface area (Å²) in [7, 11) is 0. The number of hydrogen-bond acceptors (Lipinski definition) is 3. The zero-order valence-electron chi connectivity index (χ0n) is 20.3. The minimum atomic E-state index is -4.96. The molecule has 0 bridgehead atoms. The molecular formula is C27H26F7NO2. The molecule has 0 aliphatic rings. The second-order valence-corrected chi connectivity index (χ2v) is 9.62. The number of aliphatic hydroxyl groups excluding tert-OH is 1. The Bertz CT molecular complexity index is 1220. The highest BCUT2D eigenvalue weighted by molar-refractivity contribution is 5.52. The Morgan fingerprint density at radius 1 is 0.811 bits per heavy atom. The molecule has 0 spiro atoms. The fraction of sp³-hybridized carbons (Fsp3) is 0.333. The van der Waals surface area contributed by atoms with E-state index in [4.69, 9.17) is 4.74 Å². The fourth-order valence-electron chi connectivity index (χ4n) is 3.54. The SMILES string of the molecule is CC(C)(C)c1cccc(Oc2cccc(N(Cc3ccc(C(F)(F)F)cc3F)C[C@@H](O)C(F)(F)F)c2)c1. The van der Waals surface area contributed by atoms with Crippen molar-refractivity contribution in [3.8, 4) is 11.5 Å². The van der Waals surface area contributed by atoms with Crippen LogP contribution in [0, 0.1) is 5.82 Å². The molecule has 3 rings (SSSR count). The van der Waals surface area contributed by atoms with Gasteiger partial charge >= 0.3 is 12.4 Å². The number of benzene rings is 3. The summed E-state index contributed by atoms with van der Waals surface area (Å²) in [6, 6.07) is 15.0. The molecule has 0 fully saturated rings. The summed E-state index contributed by atoms with van der Waals surface area (Å²) in [5.74, 6) is -0.476. The van der Waals surface area contributed by atoms with Gasteiger partial charge in [0, 0.05) is 23.9 Å². The van der Waals surface area contributed by atoms with Gasteiger partial charge in [0.1, 0.15) is 17.3 Å². The van der Waals surface area contributed by atoms with Gasteiger partial charge in [-0.2, -0.15) is 26.3 Å². The summed E-state index contributed by atoms with van der Waals surface area (Å²) in [5.41, 5.74) is -0.506. The number of hydrogen-bond donors (Lipinski definition) is 1. The van der Waals surface area contributed by atoms with Gasteiger partial charge in [-0.25, -0.2) is 4.39 Å². The lowest BCUT2D eigenvalue weighted by Gasteiger charge is -2.29. The van der Waals surface area contributed by atoms with Gasteiger partial charge in [0.2, 0.25) is 0 Å². The van der Waals surface area contributed by atoms with Crippen LogP contribution in [0.25, 0.3) is 0 Å². The quantitative estimate of drug-likeness (QED) is 0.316. The average molecular weight is 529 g/mol. The minimum Gasteiger partial charge on any atom is -0.457 e. The highest BCUT2D eigenvalue weighted by atomic mass is 19.4. The van der Waals surface area contributed by atoms with E-state index in [1.807, 2.05) is 32.9 Å². The van der Waals surface area contributed by atoms with Crippen molar-refractivity contribution in [2.24, 2.45) is 0 Å². The molecule has 3 nitrogen and oxygen atoms in total. The first-order valence-corrected chi connectivity index (χ1v) is 11.3.